The summed E-state index contributed by atoms with van der Waals surface area (Å²) in [6.07, 6.45) is 4.08. The molecule has 1 amide bonds. The van der Waals surface area contributed by atoms with Gasteiger partial charge in [-0.2, -0.15) is 5.10 Å². The molecule has 1 aliphatic heterocycles. The van der Waals surface area contributed by atoms with Crippen molar-refractivity contribution >= 4 is 16.8 Å². The second-order valence-corrected chi connectivity index (χ2v) is 8.69. The van der Waals surface area contributed by atoms with Crippen molar-refractivity contribution in [3.8, 4) is 0 Å². The molecule has 3 rings (SSSR count). The third-order valence-corrected chi connectivity index (χ3v) is 5.20. The summed E-state index contributed by atoms with van der Waals surface area (Å²) in [5.74, 6) is 0.438. The van der Waals surface area contributed by atoms with Gasteiger partial charge >= 0.3 is 0 Å². The molecule has 27 heavy (non-hydrogen) atoms. The number of amides is 1. The van der Waals surface area contributed by atoms with Crippen LogP contribution < -0.4 is 5.32 Å². The minimum absolute atomic E-state index is 0.0477. The molecule has 0 radical (unpaired) electrons. The van der Waals surface area contributed by atoms with Crippen LogP contribution in [0.4, 0.5) is 0 Å². The average molecular weight is 373 g/mol. The highest BCUT2D eigenvalue weighted by molar-refractivity contribution is 6.05. The smallest absolute Gasteiger partial charge is 0.253 e. The highest BCUT2D eigenvalue weighted by Crippen LogP contribution is 2.21. The maximum atomic E-state index is 12.7. The summed E-state index contributed by atoms with van der Waals surface area (Å²) in [4.78, 5) is 15.0. The molecule has 0 unspecified atom stereocenters. The summed E-state index contributed by atoms with van der Waals surface area (Å²) in [6.45, 7) is 11.2. The molecule has 0 saturated carbocycles. The normalized spacial score (nSPS) is 17.0. The quantitative estimate of drug-likeness (QED) is 0.818. The topological polar surface area (TPSA) is 70.4 Å². The number of benzene rings is 1. The molecule has 1 aromatic carbocycles. The van der Waals surface area contributed by atoms with Crippen LogP contribution in [-0.4, -0.2) is 57.5 Å². The summed E-state index contributed by atoms with van der Waals surface area (Å²) in [5.41, 5.74) is 0.758. The van der Waals surface area contributed by atoms with E-state index in [-0.39, 0.29) is 11.9 Å². The number of β-amino-alcohol motifs (C(OH)–C–C–N with tert-alkyl or cyclic N) is 1. The molecule has 0 bridgehead atoms. The molecular formula is C21H32N4O2. The van der Waals surface area contributed by atoms with Gasteiger partial charge in [-0.05, 0) is 65.6 Å². The van der Waals surface area contributed by atoms with E-state index in [9.17, 15) is 9.90 Å². The molecule has 0 aliphatic carbocycles. The fourth-order valence-corrected chi connectivity index (χ4v) is 3.74. The lowest BCUT2D eigenvalue weighted by Crippen LogP contribution is -2.44. The Morgan fingerprint density at radius 3 is 2.67 bits per heavy atom. The van der Waals surface area contributed by atoms with Crippen LogP contribution in [0.5, 0.6) is 0 Å². The number of nitrogens with zero attached hydrogens (tertiary/aromatic N) is 3. The third kappa shape index (κ3) is 5.08. The van der Waals surface area contributed by atoms with Gasteiger partial charge in [0.25, 0.3) is 5.91 Å². The molecule has 1 fully saturated rings. The van der Waals surface area contributed by atoms with Crippen LogP contribution in [0.1, 0.15) is 56.9 Å². The molecule has 0 atom stereocenters. The zero-order chi connectivity index (χ0) is 19.6. The second-order valence-electron chi connectivity index (χ2n) is 8.69. The molecule has 2 heterocycles. The molecule has 2 aromatic rings. The Kier molecular flexibility index (Phi) is 5.86. The molecule has 148 valence electrons. The van der Waals surface area contributed by atoms with Crippen molar-refractivity contribution in [1.29, 1.82) is 0 Å². The number of fused-ring (bicyclic) bond motifs is 1. The van der Waals surface area contributed by atoms with E-state index in [1.54, 1.807) is 0 Å². The Morgan fingerprint density at radius 1 is 1.33 bits per heavy atom. The van der Waals surface area contributed by atoms with Crippen molar-refractivity contribution in [1.82, 2.24) is 20.0 Å². The molecule has 2 N–H and O–H groups in total. The van der Waals surface area contributed by atoms with Gasteiger partial charge in [0.15, 0.2) is 0 Å². The number of nitrogens with one attached hydrogen (secondary N) is 1. The van der Waals surface area contributed by atoms with E-state index in [1.165, 1.54) is 0 Å². The predicted molar refractivity (Wildman–Crippen MR) is 108 cm³/mol. The van der Waals surface area contributed by atoms with Crippen LogP contribution in [-0.2, 0) is 0 Å². The molecule has 6 nitrogen and oxygen atoms in total. The lowest BCUT2D eigenvalue weighted by atomic mass is 9.95. The fourth-order valence-electron chi connectivity index (χ4n) is 3.74. The summed E-state index contributed by atoms with van der Waals surface area (Å²) in [5, 5.41) is 18.7. The lowest BCUT2D eigenvalue weighted by molar-refractivity contribution is 0.0245. The molecule has 1 saturated heterocycles. The van der Waals surface area contributed by atoms with Gasteiger partial charge in [-0.3, -0.25) is 9.48 Å². The van der Waals surface area contributed by atoms with E-state index < -0.39 is 5.60 Å². The second kappa shape index (κ2) is 7.98. The molecule has 0 spiro atoms. The molecule has 1 aliphatic rings. The number of rotatable bonds is 6. The van der Waals surface area contributed by atoms with Gasteiger partial charge < -0.3 is 15.3 Å². The highest BCUT2D eigenvalue weighted by atomic mass is 16.3. The standard InChI is InChI=1S/C21H32N4O2/c1-15(2)25-13-17-6-5-7-18(19(17)23-25)20(26)22-12-16-8-10-24(11-9-16)14-21(3,4)27/h5-7,13,15-16,27H,8-12,14H2,1-4H3,(H,22,26). The molecule has 6 heteroatoms. The van der Waals surface area contributed by atoms with Gasteiger partial charge in [-0.1, -0.05) is 12.1 Å². The maximum Gasteiger partial charge on any atom is 0.253 e. The van der Waals surface area contributed by atoms with E-state index >= 15 is 0 Å². The fraction of sp³-hybridized carbons (Fsp3) is 0.619. The summed E-state index contributed by atoms with van der Waals surface area (Å²) in [6, 6.07) is 6.03. The van der Waals surface area contributed by atoms with Gasteiger partial charge in [0.2, 0.25) is 0 Å². The number of aliphatic hydroxyl groups is 1. The van der Waals surface area contributed by atoms with Crippen LogP contribution in [0.15, 0.2) is 24.4 Å². The van der Waals surface area contributed by atoms with Crippen LogP contribution in [0.2, 0.25) is 0 Å². The number of likely N-dealkylation sites (tertiary alicyclic amines) is 1. The van der Waals surface area contributed by atoms with Crippen molar-refractivity contribution < 1.29 is 9.90 Å². The SMILES string of the molecule is CC(C)n1cc2cccc(C(=O)NCC3CCN(CC(C)(C)O)CC3)c2n1. The highest BCUT2D eigenvalue weighted by Gasteiger charge is 2.24. The van der Waals surface area contributed by atoms with E-state index in [4.69, 9.17) is 0 Å². The Labute approximate surface area is 161 Å². The van der Waals surface area contributed by atoms with Crippen LogP contribution in [0, 0.1) is 5.92 Å². The van der Waals surface area contributed by atoms with Crippen molar-refractivity contribution in [2.75, 3.05) is 26.2 Å². The first-order valence-corrected chi connectivity index (χ1v) is 9.94. The van der Waals surface area contributed by atoms with Gasteiger partial charge in [-0.25, -0.2) is 0 Å². The molecular weight excluding hydrogens is 340 g/mol. The maximum absolute atomic E-state index is 12.7. The number of carbonyl (C=O) groups excluding carboxylic acids is 1. The third-order valence-electron chi connectivity index (χ3n) is 5.20. The number of hydrogen-bond acceptors (Lipinski definition) is 4. The Bertz CT molecular complexity index is 783. The van der Waals surface area contributed by atoms with E-state index in [0.29, 0.717) is 24.6 Å². The Morgan fingerprint density at radius 2 is 2.04 bits per heavy atom. The minimum Gasteiger partial charge on any atom is -0.389 e. The van der Waals surface area contributed by atoms with Crippen molar-refractivity contribution in [3.05, 3.63) is 30.0 Å². The largest absolute Gasteiger partial charge is 0.389 e. The van der Waals surface area contributed by atoms with Crippen LogP contribution in [0.25, 0.3) is 10.9 Å². The Balaban J connectivity index is 1.57. The van der Waals surface area contributed by atoms with Crippen molar-refractivity contribution in [2.45, 2.75) is 52.2 Å². The van der Waals surface area contributed by atoms with Gasteiger partial charge in [0.05, 0.1) is 11.2 Å². The number of hydrogen-bond donors (Lipinski definition) is 2. The van der Waals surface area contributed by atoms with Gasteiger partial charge in [0, 0.05) is 30.7 Å². The number of carbonyl (C=O) groups is 1. The summed E-state index contributed by atoms with van der Waals surface area (Å²) >= 11 is 0. The summed E-state index contributed by atoms with van der Waals surface area (Å²) < 4.78 is 1.90. The molecule has 1 aromatic heterocycles. The average Bonchev–Trinajstić information content (AvgIpc) is 3.04. The van der Waals surface area contributed by atoms with Gasteiger partial charge in [-0.15, -0.1) is 0 Å². The first kappa shape index (κ1) is 19.8. The van der Waals surface area contributed by atoms with E-state index in [2.05, 4.69) is 29.2 Å². The minimum atomic E-state index is -0.654. The van der Waals surface area contributed by atoms with Gasteiger partial charge in [0.1, 0.15) is 5.52 Å². The van der Waals surface area contributed by atoms with E-state index in [0.717, 1.165) is 36.8 Å². The number of piperidine rings is 1. The van der Waals surface area contributed by atoms with Crippen molar-refractivity contribution in [3.63, 3.8) is 0 Å². The zero-order valence-corrected chi connectivity index (χ0v) is 16.9. The predicted octanol–water partition coefficient (Wildman–Crippen LogP) is 2.83. The lowest BCUT2D eigenvalue weighted by Gasteiger charge is -2.35. The number of aromatic nitrogens is 2. The summed E-state index contributed by atoms with van der Waals surface area (Å²) in [7, 11) is 0. The van der Waals surface area contributed by atoms with E-state index in [1.807, 2.05) is 42.9 Å². The monoisotopic (exact) mass is 372 g/mol. The van der Waals surface area contributed by atoms with Crippen LogP contribution in [0.3, 0.4) is 0 Å². The zero-order valence-electron chi connectivity index (χ0n) is 16.9. The van der Waals surface area contributed by atoms with Crippen molar-refractivity contribution in [2.24, 2.45) is 5.92 Å². The Hall–Kier alpha value is -1.92. The first-order chi connectivity index (χ1) is 12.7. The van der Waals surface area contributed by atoms with Crippen LogP contribution >= 0.6 is 0 Å². The first-order valence-electron chi connectivity index (χ1n) is 9.94.